The van der Waals surface area contributed by atoms with Gasteiger partial charge in [-0.3, -0.25) is 0 Å². The van der Waals surface area contributed by atoms with Gasteiger partial charge in [-0.2, -0.15) is 0 Å². The maximum atomic E-state index is 6.42. The van der Waals surface area contributed by atoms with Crippen molar-refractivity contribution in [3.05, 3.63) is 64.7 Å². The number of benzene rings is 2. The van der Waals surface area contributed by atoms with E-state index in [0.29, 0.717) is 5.92 Å². The lowest BCUT2D eigenvalue weighted by Gasteiger charge is -2.14. The van der Waals surface area contributed by atoms with Gasteiger partial charge in [0.25, 0.3) is 0 Å². The van der Waals surface area contributed by atoms with Crippen LogP contribution in [-0.4, -0.2) is 6.61 Å². The highest BCUT2D eigenvalue weighted by atomic mass is 16.5. The van der Waals surface area contributed by atoms with E-state index in [1.807, 2.05) is 6.07 Å². The van der Waals surface area contributed by atoms with Crippen molar-refractivity contribution < 1.29 is 4.74 Å². The minimum Gasteiger partial charge on any atom is -0.493 e. The van der Waals surface area contributed by atoms with Crippen LogP contribution in [0.3, 0.4) is 0 Å². The molecule has 0 radical (unpaired) electrons. The van der Waals surface area contributed by atoms with Crippen molar-refractivity contribution in [1.29, 1.82) is 0 Å². The Morgan fingerprint density at radius 1 is 1.05 bits per heavy atom. The smallest absolute Gasteiger partial charge is 0.122 e. The molecule has 2 aromatic carbocycles. The van der Waals surface area contributed by atoms with Gasteiger partial charge in [0.2, 0.25) is 0 Å². The Labute approximate surface area is 126 Å². The third kappa shape index (κ3) is 3.11. The summed E-state index contributed by atoms with van der Waals surface area (Å²) >= 11 is 0. The quantitative estimate of drug-likeness (QED) is 0.923. The Bertz CT molecular complexity index is 616. The molecule has 1 atom stereocenters. The molecular formula is C19H23NO. The fourth-order valence-corrected chi connectivity index (χ4v) is 2.92. The Morgan fingerprint density at radius 2 is 1.76 bits per heavy atom. The number of nitrogens with two attached hydrogens (primary N) is 1. The van der Waals surface area contributed by atoms with E-state index in [-0.39, 0.29) is 6.04 Å². The molecule has 0 bridgehead atoms. The number of fused-ring (bicyclic) bond motifs is 1. The predicted molar refractivity (Wildman–Crippen MR) is 86.7 cm³/mol. The summed E-state index contributed by atoms with van der Waals surface area (Å²) in [6.07, 6.45) is 2.11. The monoisotopic (exact) mass is 281 g/mol. The van der Waals surface area contributed by atoms with Gasteiger partial charge in [-0.1, -0.05) is 50.2 Å². The summed E-state index contributed by atoms with van der Waals surface area (Å²) in [4.78, 5) is 0. The highest BCUT2D eigenvalue weighted by Crippen LogP contribution is 2.29. The lowest BCUT2D eigenvalue weighted by molar-refractivity contribution is 0.357. The van der Waals surface area contributed by atoms with Gasteiger partial charge < -0.3 is 10.5 Å². The van der Waals surface area contributed by atoms with Gasteiger partial charge in [0, 0.05) is 6.42 Å². The average Bonchev–Trinajstić information content (AvgIpc) is 2.94. The lowest BCUT2D eigenvalue weighted by atomic mass is 9.95. The van der Waals surface area contributed by atoms with Crippen molar-refractivity contribution in [3.8, 4) is 5.75 Å². The van der Waals surface area contributed by atoms with Crippen molar-refractivity contribution in [2.45, 2.75) is 32.7 Å². The second kappa shape index (κ2) is 5.90. The van der Waals surface area contributed by atoms with Crippen LogP contribution in [0.15, 0.2) is 42.5 Å². The molecule has 1 unspecified atom stereocenters. The number of hydrogen-bond donors (Lipinski definition) is 1. The zero-order valence-corrected chi connectivity index (χ0v) is 12.8. The van der Waals surface area contributed by atoms with Gasteiger partial charge in [0.15, 0.2) is 0 Å². The first-order chi connectivity index (χ1) is 10.1. The second-order valence-electron chi connectivity index (χ2n) is 6.28. The first-order valence-corrected chi connectivity index (χ1v) is 7.73. The average molecular weight is 281 g/mol. The number of hydrogen-bond acceptors (Lipinski definition) is 2. The third-order valence-electron chi connectivity index (χ3n) is 4.06. The number of ether oxygens (including phenoxy) is 1. The molecule has 0 saturated carbocycles. The maximum absolute atomic E-state index is 6.42. The zero-order valence-electron chi connectivity index (χ0n) is 12.8. The molecule has 0 fully saturated rings. The highest BCUT2D eigenvalue weighted by molar-refractivity contribution is 5.43. The topological polar surface area (TPSA) is 35.2 Å². The van der Waals surface area contributed by atoms with Gasteiger partial charge in [-0.05, 0) is 40.7 Å². The van der Waals surface area contributed by atoms with E-state index in [4.69, 9.17) is 10.5 Å². The lowest BCUT2D eigenvalue weighted by Crippen LogP contribution is -2.12. The van der Waals surface area contributed by atoms with Crippen molar-refractivity contribution in [2.75, 3.05) is 6.61 Å². The molecule has 21 heavy (non-hydrogen) atoms. The van der Waals surface area contributed by atoms with Crippen LogP contribution in [0, 0.1) is 5.92 Å². The molecule has 0 amide bonds. The van der Waals surface area contributed by atoms with E-state index < -0.39 is 0 Å². The number of rotatable bonds is 4. The first kappa shape index (κ1) is 14.2. The first-order valence-electron chi connectivity index (χ1n) is 7.73. The van der Waals surface area contributed by atoms with Gasteiger partial charge in [-0.15, -0.1) is 0 Å². The predicted octanol–water partition coefficient (Wildman–Crippen LogP) is 3.87. The van der Waals surface area contributed by atoms with Gasteiger partial charge >= 0.3 is 0 Å². The molecule has 2 aromatic rings. The molecule has 1 aliphatic rings. The van der Waals surface area contributed by atoms with Crippen LogP contribution in [-0.2, 0) is 12.8 Å². The van der Waals surface area contributed by atoms with Crippen LogP contribution < -0.4 is 10.5 Å². The van der Waals surface area contributed by atoms with Gasteiger partial charge in [-0.25, -0.2) is 0 Å². The van der Waals surface area contributed by atoms with Crippen LogP contribution in [0.1, 0.15) is 42.1 Å². The van der Waals surface area contributed by atoms with E-state index in [2.05, 4.69) is 50.2 Å². The molecule has 3 rings (SSSR count). The summed E-state index contributed by atoms with van der Waals surface area (Å²) in [6.45, 7) is 5.27. The molecule has 2 heteroatoms. The molecule has 0 aliphatic carbocycles. The minimum atomic E-state index is -0.0657. The van der Waals surface area contributed by atoms with Crippen LogP contribution in [0.2, 0.25) is 0 Å². The summed E-state index contributed by atoms with van der Waals surface area (Å²) in [5, 5.41) is 0. The molecule has 1 aliphatic heterocycles. The molecule has 110 valence electrons. The van der Waals surface area contributed by atoms with Crippen molar-refractivity contribution in [3.63, 3.8) is 0 Å². The van der Waals surface area contributed by atoms with Crippen molar-refractivity contribution in [2.24, 2.45) is 11.7 Å². The van der Waals surface area contributed by atoms with E-state index in [1.165, 1.54) is 16.7 Å². The van der Waals surface area contributed by atoms with Crippen LogP contribution in [0.5, 0.6) is 5.75 Å². The van der Waals surface area contributed by atoms with E-state index >= 15 is 0 Å². The van der Waals surface area contributed by atoms with E-state index in [9.17, 15) is 0 Å². The maximum Gasteiger partial charge on any atom is 0.122 e. The fourth-order valence-electron chi connectivity index (χ4n) is 2.92. The van der Waals surface area contributed by atoms with E-state index in [1.54, 1.807) is 0 Å². The van der Waals surface area contributed by atoms with Crippen LogP contribution >= 0.6 is 0 Å². The van der Waals surface area contributed by atoms with E-state index in [0.717, 1.165) is 30.8 Å². The Morgan fingerprint density at radius 3 is 2.48 bits per heavy atom. The minimum absolute atomic E-state index is 0.0657. The second-order valence-corrected chi connectivity index (χ2v) is 6.28. The van der Waals surface area contributed by atoms with Gasteiger partial charge in [0.1, 0.15) is 5.75 Å². The largest absolute Gasteiger partial charge is 0.493 e. The molecule has 0 aromatic heterocycles. The normalized spacial score (nSPS) is 14.9. The third-order valence-corrected chi connectivity index (χ3v) is 4.06. The van der Waals surface area contributed by atoms with Crippen LogP contribution in [0.4, 0.5) is 0 Å². The summed E-state index contributed by atoms with van der Waals surface area (Å²) in [5.41, 5.74) is 11.4. The Hall–Kier alpha value is -1.80. The van der Waals surface area contributed by atoms with Crippen molar-refractivity contribution >= 4 is 0 Å². The summed E-state index contributed by atoms with van der Waals surface area (Å²) < 4.78 is 5.55. The molecule has 2 N–H and O–H groups in total. The van der Waals surface area contributed by atoms with Gasteiger partial charge in [0.05, 0.1) is 12.6 Å². The molecular weight excluding hydrogens is 258 g/mol. The standard InChI is InChI=1S/C19H23NO/c1-13(2)11-14-3-5-15(6-4-14)19(20)17-7-8-18-16(12-17)9-10-21-18/h3-8,12-13,19H,9-11,20H2,1-2H3. The molecule has 0 saturated heterocycles. The summed E-state index contributed by atoms with van der Waals surface area (Å²) in [6, 6.07) is 15.0. The Balaban J connectivity index is 1.79. The summed E-state index contributed by atoms with van der Waals surface area (Å²) in [5.74, 6) is 1.69. The zero-order chi connectivity index (χ0) is 14.8. The highest BCUT2D eigenvalue weighted by Gasteiger charge is 2.15. The summed E-state index contributed by atoms with van der Waals surface area (Å²) in [7, 11) is 0. The SMILES string of the molecule is CC(C)Cc1ccc(C(N)c2ccc3c(c2)CCO3)cc1. The van der Waals surface area contributed by atoms with Crippen molar-refractivity contribution in [1.82, 2.24) is 0 Å². The molecule has 1 heterocycles. The fraction of sp³-hybridized carbons (Fsp3) is 0.368. The Kier molecular flexibility index (Phi) is 3.98. The molecule has 0 spiro atoms. The van der Waals surface area contributed by atoms with Crippen LogP contribution in [0.25, 0.3) is 0 Å². The molecule has 2 nitrogen and oxygen atoms in total.